The molecule has 2 atom stereocenters. The fourth-order valence-corrected chi connectivity index (χ4v) is 2.34. The molecule has 0 radical (unpaired) electrons. The van der Waals surface area contributed by atoms with Crippen molar-refractivity contribution >= 4 is 5.91 Å². The number of aliphatic hydroxyl groups is 1. The van der Waals surface area contributed by atoms with Crippen molar-refractivity contribution in [3.63, 3.8) is 0 Å². The van der Waals surface area contributed by atoms with E-state index < -0.39 is 5.54 Å². The summed E-state index contributed by atoms with van der Waals surface area (Å²) in [5.41, 5.74) is -0.415. The lowest BCUT2D eigenvalue weighted by molar-refractivity contribution is -0.128. The lowest BCUT2D eigenvalue weighted by Gasteiger charge is -2.29. The fraction of sp³-hybridized carbons (Fsp3) is 0.917. The molecule has 5 heteroatoms. The maximum atomic E-state index is 12.2. The second-order valence-corrected chi connectivity index (χ2v) is 4.60. The summed E-state index contributed by atoms with van der Waals surface area (Å²) in [6, 6.07) is -0.108. The molecule has 0 aromatic heterocycles. The lowest BCUT2D eigenvalue weighted by Crippen LogP contribution is -2.56. The molecule has 0 aromatic carbocycles. The quantitative estimate of drug-likeness (QED) is 0.591. The molecular formula is C12H24N2O3. The van der Waals surface area contributed by atoms with Crippen LogP contribution in [0.2, 0.25) is 0 Å². The Morgan fingerprint density at radius 3 is 2.88 bits per heavy atom. The van der Waals surface area contributed by atoms with Crippen LogP contribution in [0.1, 0.15) is 32.6 Å². The van der Waals surface area contributed by atoms with Crippen LogP contribution >= 0.6 is 0 Å². The van der Waals surface area contributed by atoms with Gasteiger partial charge in [0.15, 0.2) is 0 Å². The largest absolute Gasteiger partial charge is 0.396 e. The van der Waals surface area contributed by atoms with Gasteiger partial charge in [0.25, 0.3) is 0 Å². The summed E-state index contributed by atoms with van der Waals surface area (Å²) in [6.07, 6.45) is 3.24. The SMILES string of the molecule is CCC1(C(=O)NC(CCO)COC)CCCN1. The van der Waals surface area contributed by atoms with Crippen LogP contribution in [-0.2, 0) is 9.53 Å². The third-order valence-electron chi connectivity index (χ3n) is 3.46. The Labute approximate surface area is 103 Å². The van der Waals surface area contributed by atoms with Crippen molar-refractivity contribution in [1.82, 2.24) is 10.6 Å². The molecule has 1 heterocycles. The van der Waals surface area contributed by atoms with Gasteiger partial charge in [-0.25, -0.2) is 0 Å². The third kappa shape index (κ3) is 3.66. The average Bonchev–Trinajstić information content (AvgIpc) is 2.79. The number of carbonyl (C=O) groups is 1. The molecule has 0 aromatic rings. The Bertz CT molecular complexity index is 234. The highest BCUT2D eigenvalue weighted by Crippen LogP contribution is 2.23. The molecule has 1 saturated heterocycles. The highest BCUT2D eigenvalue weighted by Gasteiger charge is 2.39. The van der Waals surface area contributed by atoms with Crippen molar-refractivity contribution in [3.05, 3.63) is 0 Å². The molecule has 0 bridgehead atoms. The Balaban J connectivity index is 2.55. The number of amides is 1. The molecular weight excluding hydrogens is 220 g/mol. The smallest absolute Gasteiger partial charge is 0.240 e. The topological polar surface area (TPSA) is 70.6 Å². The summed E-state index contributed by atoms with van der Waals surface area (Å²) in [6.45, 7) is 3.42. The third-order valence-corrected chi connectivity index (χ3v) is 3.46. The Kier molecular flexibility index (Phi) is 5.88. The first-order valence-electron chi connectivity index (χ1n) is 6.34. The Hall–Kier alpha value is -0.650. The van der Waals surface area contributed by atoms with Crippen LogP contribution in [0.25, 0.3) is 0 Å². The zero-order valence-corrected chi connectivity index (χ0v) is 10.8. The minimum Gasteiger partial charge on any atom is -0.396 e. The van der Waals surface area contributed by atoms with Gasteiger partial charge >= 0.3 is 0 Å². The van der Waals surface area contributed by atoms with E-state index in [1.54, 1.807) is 7.11 Å². The molecule has 1 rings (SSSR count). The van der Waals surface area contributed by atoms with Gasteiger partial charge in [-0.3, -0.25) is 4.79 Å². The van der Waals surface area contributed by atoms with Crippen LogP contribution in [0.5, 0.6) is 0 Å². The molecule has 5 nitrogen and oxygen atoms in total. The van der Waals surface area contributed by atoms with E-state index in [1.165, 1.54) is 0 Å². The molecule has 1 aliphatic rings. The van der Waals surface area contributed by atoms with Crippen LogP contribution in [0.3, 0.4) is 0 Å². The van der Waals surface area contributed by atoms with E-state index >= 15 is 0 Å². The maximum Gasteiger partial charge on any atom is 0.240 e. The van der Waals surface area contributed by atoms with Gasteiger partial charge in [0.1, 0.15) is 0 Å². The van der Waals surface area contributed by atoms with Gasteiger partial charge < -0.3 is 20.5 Å². The number of hydrogen-bond acceptors (Lipinski definition) is 4. The van der Waals surface area contributed by atoms with Crippen molar-refractivity contribution < 1.29 is 14.6 Å². The number of carbonyl (C=O) groups excluding carboxylic acids is 1. The maximum absolute atomic E-state index is 12.2. The monoisotopic (exact) mass is 244 g/mol. The first-order chi connectivity index (χ1) is 8.18. The summed E-state index contributed by atoms with van der Waals surface area (Å²) in [5.74, 6) is 0.0352. The molecule has 1 aliphatic heterocycles. The normalized spacial score (nSPS) is 25.8. The van der Waals surface area contributed by atoms with E-state index in [0.717, 1.165) is 25.8 Å². The van der Waals surface area contributed by atoms with Crippen LogP contribution in [-0.4, -0.2) is 49.5 Å². The number of nitrogens with one attached hydrogen (secondary N) is 2. The van der Waals surface area contributed by atoms with E-state index in [0.29, 0.717) is 13.0 Å². The summed E-state index contributed by atoms with van der Waals surface area (Å²) in [5, 5.41) is 15.2. The van der Waals surface area contributed by atoms with E-state index in [9.17, 15) is 4.79 Å². The van der Waals surface area contributed by atoms with Gasteiger partial charge in [-0.05, 0) is 32.2 Å². The van der Waals surface area contributed by atoms with Crippen molar-refractivity contribution in [1.29, 1.82) is 0 Å². The van der Waals surface area contributed by atoms with Crippen molar-refractivity contribution in [3.8, 4) is 0 Å². The number of rotatable bonds is 7. The Morgan fingerprint density at radius 1 is 1.65 bits per heavy atom. The van der Waals surface area contributed by atoms with Crippen molar-refractivity contribution in [2.45, 2.75) is 44.2 Å². The highest BCUT2D eigenvalue weighted by atomic mass is 16.5. The van der Waals surface area contributed by atoms with Crippen LogP contribution in [0.15, 0.2) is 0 Å². The van der Waals surface area contributed by atoms with Gasteiger partial charge in [0.2, 0.25) is 5.91 Å². The zero-order chi connectivity index (χ0) is 12.7. The predicted octanol–water partition coefficient (Wildman–Crippen LogP) is 0.0322. The Morgan fingerprint density at radius 2 is 2.41 bits per heavy atom. The molecule has 100 valence electrons. The van der Waals surface area contributed by atoms with E-state index in [2.05, 4.69) is 10.6 Å². The summed E-state index contributed by atoms with van der Waals surface area (Å²) in [4.78, 5) is 12.2. The standard InChI is InChI=1S/C12H24N2O3/c1-3-12(6-4-7-13-12)11(16)14-10(5-8-15)9-17-2/h10,13,15H,3-9H2,1-2H3,(H,14,16). The molecule has 2 unspecified atom stereocenters. The first-order valence-corrected chi connectivity index (χ1v) is 6.34. The second kappa shape index (κ2) is 6.93. The second-order valence-electron chi connectivity index (χ2n) is 4.60. The van der Waals surface area contributed by atoms with Gasteiger partial charge in [0.05, 0.1) is 18.2 Å². The fourth-order valence-electron chi connectivity index (χ4n) is 2.34. The first kappa shape index (κ1) is 14.4. The number of methoxy groups -OCH3 is 1. The van der Waals surface area contributed by atoms with E-state index in [4.69, 9.17) is 9.84 Å². The van der Waals surface area contributed by atoms with Crippen LogP contribution < -0.4 is 10.6 Å². The van der Waals surface area contributed by atoms with Gasteiger partial charge in [-0.2, -0.15) is 0 Å². The number of aliphatic hydroxyl groups excluding tert-OH is 1. The molecule has 0 spiro atoms. The summed E-state index contributed by atoms with van der Waals surface area (Å²) >= 11 is 0. The predicted molar refractivity (Wildman–Crippen MR) is 65.8 cm³/mol. The van der Waals surface area contributed by atoms with Gasteiger partial charge in [0, 0.05) is 13.7 Å². The van der Waals surface area contributed by atoms with Gasteiger partial charge in [-0.1, -0.05) is 6.92 Å². The highest BCUT2D eigenvalue weighted by molar-refractivity contribution is 5.86. The molecule has 3 N–H and O–H groups in total. The van der Waals surface area contributed by atoms with E-state index in [-0.39, 0.29) is 18.6 Å². The van der Waals surface area contributed by atoms with Crippen LogP contribution in [0, 0.1) is 0 Å². The summed E-state index contributed by atoms with van der Waals surface area (Å²) < 4.78 is 5.04. The lowest BCUT2D eigenvalue weighted by atomic mass is 9.92. The average molecular weight is 244 g/mol. The minimum atomic E-state index is -0.415. The molecule has 1 fully saturated rings. The minimum absolute atomic E-state index is 0.0352. The van der Waals surface area contributed by atoms with Crippen LogP contribution in [0.4, 0.5) is 0 Å². The molecule has 0 saturated carbocycles. The summed E-state index contributed by atoms with van der Waals surface area (Å²) in [7, 11) is 1.60. The molecule has 17 heavy (non-hydrogen) atoms. The molecule has 1 amide bonds. The zero-order valence-electron chi connectivity index (χ0n) is 10.8. The molecule has 0 aliphatic carbocycles. The van der Waals surface area contributed by atoms with Crippen molar-refractivity contribution in [2.24, 2.45) is 0 Å². The number of ether oxygens (including phenoxy) is 1. The van der Waals surface area contributed by atoms with Gasteiger partial charge in [-0.15, -0.1) is 0 Å². The van der Waals surface area contributed by atoms with Crippen molar-refractivity contribution in [2.75, 3.05) is 26.9 Å². The number of hydrogen-bond donors (Lipinski definition) is 3. The van der Waals surface area contributed by atoms with E-state index in [1.807, 2.05) is 6.92 Å².